The second-order valence-corrected chi connectivity index (χ2v) is 8.72. The molecule has 150 valence electrons. The third kappa shape index (κ3) is 3.83. The van der Waals surface area contributed by atoms with Gasteiger partial charge < -0.3 is 20.9 Å². The van der Waals surface area contributed by atoms with E-state index in [1.54, 1.807) is 6.08 Å². The summed E-state index contributed by atoms with van der Waals surface area (Å²) in [6.45, 7) is 9.10. The molecule has 0 saturated heterocycles. The number of ether oxygens (including phenoxy) is 1. The van der Waals surface area contributed by atoms with Gasteiger partial charge in [0.15, 0.2) is 0 Å². The third-order valence-electron chi connectivity index (χ3n) is 7.26. The topological polar surface area (TPSA) is 102 Å². The van der Waals surface area contributed by atoms with Crippen LogP contribution in [0.15, 0.2) is 23.8 Å². The summed E-state index contributed by atoms with van der Waals surface area (Å²) in [7, 11) is 0. The molecule has 2 saturated carbocycles. The first-order chi connectivity index (χ1) is 12.7. The van der Waals surface area contributed by atoms with Crippen molar-refractivity contribution < 1.29 is 19.4 Å². The quantitative estimate of drug-likeness (QED) is 0.484. The predicted octanol–water partition coefficient (Wildman–Crippen LogP) is 1.68. The summed E-state index contributed by atoms with van der Waals surface area (Å²) >= 11 is 0. The minimum absolute atomic E-state index is 0.0176. The van der Waals surface area contributed by atoms with Crippen LogP contribution in [0.25, 0.3) is 0 Å². The second kappa shape index (κ2) is 7.76. The van der Waals surface area contributed by atoms with Gasteiger partial charge in [0.2, 0.25) is 5.91 Å². The Morgan fingerprint density at radius 2 is 2.26 bits per heavy atom. The minimum Gasteiger partial charge on any atom is -0.458 e. The molecular weight excluding hydrogens is 344 g/mol. The van der Waals surface area contributed by atoms with Crippen molar-refractivity contribution in [3.8, 4) is 0 Å². The third-order valence-corrected chi connectivity index (χ3v) is 7.26. The molecular formula is C21H32N2O4. The fourth-order valence-corrected chi connectivity index (χ4v) is 5.66. The molecule has 0 aromatic carbocycles. The molecule has 2 fully saturated rings. The molecule has 0 aromatic rings. The molecule has 0 bridgehead atoms. The maximum atomic E-state index is 12.1. The molecule has 1 amide bonds. The van der Waals surface area contributed by atoms with Crippen LogP contribution in [0.4, 0.5) is 0 Å². The first-order valence-electron chi connectivity index (χ1n) is 9.98. The summed E-state index contributed by atoms with van der Waals surface area (Å²) in [5.41, 5.74) is 7.14. The predicted molar refractivity (Wildman–Crippen MR) is 103 cm³/mol. The van der Waals surface area contributed by atoms with E-state index in [0.717, 1.165) is 25.7 Å². The SMILES string of the molecule is C=C1CCC2[C@@H](C)C(O)CC[C@]2(C)[C@@H]1CC(NCC(N)=O)C1=CCOC1=O. The molecule has 3 aliphatic rings. The summed E-state index contributed by atoms with van der Waals surface area (Å²) in [6, 6.07) is -0.285. The molecule has 4 N–H and O–H groups in total. The van der Waals surface area contributed by atoms with Crippen LogP contribution in [0.1, 0.15) is 46.0 Å². The Morgan fingerprint density at radius 1 is 1.52 bits per heavy atom. The van der Waals surface area contributed by atoms with Gasteiger partial charge in [0, 0.05) is 6.04 Å². The molecule has 1 aliphatic heterocycles. The molecule has 0 radical (unpaired) electrons. The zero-order valence-electron chi connectivity index (χ0n) is 16.4. The fourth-order valence-electron chi connectivity index (χ4n) is 5.66. The lowest BCUT2D eigenvalue weighted by atomic mass is 9.50. The van der Waals surface area contributed by atoms with Gasteiger partial charge in [-0.1, -0.05) is 26.0 Å². The highest BCUT2D eigenvalue weighted by atomic mass is 16.5. The number of allylic oxidation sites excluding steroid dienone is 1. The molecule has 27 heavy (non-hydrogen) atoms. The lowest BCUT2D eigenvalue weighted by Gasteiger charge is -2.55. The molecule has 1 heterocycles. The van der Waals surface area contributed by atoms with Crippen molar-refractivity contribution in [3.05, 3.63) is 23.8 Å². The summed E-state index contributed by atoms with van der Waals surface area (Å²) in [4.78, 5) is 23.4. The van der Waals surface area contributed by atoms with Gasteiger partial charge in [-0.3, -0.25) is 4.79 Å². The van der Waals surface area contributed by atoms with Gasteiger partial charge in [-0.25, -0.2) is 4.79 Å². The van der Waals surface area contributed by atoms with E-state index in [0.29, 0.717) is 17.9 Å². The first-order valence-corrected chi connectivity index (χ1v) is 9.98. The van der Waals surface area contributed by atoms with E-state index >= 15 is 0 Å². The Hall–Kier alpha value is -1.66. The van der Waals surface area contributed by atoms with Crippen LogP contribution < -0.4 is 11.1 Å². The number of nitrogens with one attached hydrogen (secondary N) is 1. The van der Waals surface area contributed by atoms with Gasteiger partial charge in [0.1, 0.15) is 6.61 Å². The molecule has 6 heteroatoms. The summed E-state index contributed by atoms with van der Waals surface area (Å²) in [5, 5.41) is 13.5. The maximum Gasteiger partial charge on any atom is 0.335 e. The summed E-state index contributed by atoms with van der Waals surface area (Å²) in [6.07, 6.45) is 5.96. The average molecular weight is 376 g/mol. The van der Waals surface area contributed by atoms with Gasteiger partial charge in [0.05, 0.1) is 18.2 Å². The molecule has 0 aromatic heterocycles. The van der Waals surface area contributed by atoms with Crippen molar-refractivity contribution in [3.63, 3.8) is 0 Å². The van der Waals surface area contributed by atoms with Crippen LogP contribution in [-0.4, -0.2) is 42.3 Å². The highest BCUT2D eigenvalue weighted by Gasteiger charge is 2.51. The van der Waals surface area contributed by atoms with Crippen LogP contribution in [0.5, 0.6) is 0 Å². The number of cyclic esters (lactones) is 1. The van der Waals surface area contributed by atoms with E-state index in [9.17, 15) is 14.7 Å². The van der Waals surface area contributed by atoms with Crippen LogP contribution in [0, 0.1) is 23.2 Å². The molecule has 0 spiro atoms. The van der Waals surface area contributed by atoms with Crippen molar-refractivity contribution in [2.24, 2.45) is 28.9 Å². The Morgan fingerprint density at radius 3 is 2.89 bits per heavy atom. The smallest absolute Gasteiger partial charge is 0.335 e. The Kier molecular flexibility index (Phi) is 5.77. The summed E-state index contributed by atoms with van der Waals surface area (Å²) < 4.78 is 5.09. The van der Waals surface area contributed by atoms with Crippen LogP contribution in [0.3, 0.4) is 0 Å². The van der Waals surface area contributed by atoms with Gasteiger partial charge in [-0.15, -0.1) is 0 Å². The Balaban J connectivity index is 1.85. The zero-order chi connectivity index (χ0) is 19.8. The van der Waals surface area contributed by atoms with Crippen molar-refractivity contribution in [1.29, 1.82) is 0 Å². The van der Waals surface area contributed by atoms with Crippen molar-refractivity contribution in [1.82, 2.24) is 5.32 Å². The number of rotatable bonds is 6. The first kappa shape index (κ1) is 20.1. The number of nitrogens with two attached hydrogens (primary N) is 1. The fraction of sp³-hybridized carbons (Fsp3) is 0.714. The lowest BCUT2D eigenvalue weighted by molar-refractivity contribution is -0.136. The van der Waals surface area contributed by atoms with Crippen LogP contribution >= 0.6 is 0 Å². The zero-order valence-corrected chi connectivity index (χ0v) is 16.4. The number of esters is 1. The number of aliphatic hydroxyl groups is 1. The number of fused-ring (bicyclic) bond motifs is 1. The standard InChI is InChI=1S/C21H32N2O4/c1-12-4-5-15-13(2)18(24)6-8-21(15,3)16(12)10-17(23-11-19(22)25)14-7-9-27-20(14)26/h7,13,15-18,23-24H,1,4-6,8-11H2,2-3H3,(H2,22,25)/t13-,15?,16-,17?,18?,21+/m1/s1. The summed E-state index contributed by atoms with van der Waals surface area (Å²) in [5.74, 6) is 0.122. The van der Waals surface area contributed by atoms with Crippen LogP contribution in [0.2, 0.25) is 0 Å². The highest BCUT2D eigenvalue weighted by Crippen LogP contribution is 2.58. The largest absolute Gasteiger partial charge is 0.458 e. The number of amides is 1. The number of carbonyl (C=O) groups is 2. The van der Waals surface area contributed by atoms with Crippen molar-refractivity contribution >= 4 is 11.9 Å². The normalized spacial score (nSPS) is 37.4. The molecule has 6 atom stereocenters. The Labute approximate surface area is 161 Å². The van der Waals surface area contributed by atoms with Crippen LogP contribution in [-0.2, 0) is 14.3 Å². The Bertz CT molecular complexity index is 659. The number of hydrogen-bond donors (Lipinski definition) is 3. The minimum atomic E-state index is -0.451. The number of carbonyl (C=O) groups excluding carboxylic acids is 2. The van der Waals surface area contributed by atoms with Crippen molar-refractivity contribution in [2.45, 2.75) is 58.1 Å². The lowest BCUT2D eigenvalue weighted by Crippen LogP contribution is -2.51. The van der Waals surface area contributed by atoms with E-state index in [2.05, 4.69) is 25.7 Å². The highest BCUT2D eigenvalue weighted by molar-refractivity contribution is 5.92. The number of primary amides is 1. The van der Waals surface area contributed by atoms with Gasteiger partial charge >= 0.3 is 5.97 Å². The molecule has 3 unspecified atom stereocenters. The van der Waals surface area contributed by atoms with Gasteiger partial charge in [-0.05, 0) is 61.3 Å². The molecule has 6 nitrogen and oxygen atoms in total. The number of hydrogen-bond acceptors (Lipinski definition) is 5. The van der Waals surface area contributed by atoms with Gasteiger partial charge in [-0.2, -0.15) is 0 Å². The van der Waals surface area contributed by atoms with E-state index < -0.39 is 5.91 Å². The van der Waals surface area contributed by atoms with E-state index in [1.807, 2.05) is 0 Å². The molecule has 2 aliphatic carbocycles. The monoisotopic (exact) mass is 376 g/mol. The maximum absolute atomic E-state index is 12.1. The van der Waals surface area contributed by atoms with E-state index in [1.165, 1.54) is 5.57 Å². The second-order valence-electron chi connectivity index (χ2n) is 8.72. The van der Waals surface area contributed by atoms with Crippen molar-refractivity contribution in [2.75, 3.05) is 13.2 Å². The number of aliphatic hydroxyl groups excluding tert-OH is 1. The molecule has 3 rings (SSSR count). The van der Waals surface area contributed by atoms with Gasteiger partial charge in [0.25, 0.3) is 0 Å². The average Bonchev–Trinajstić information content (AvgIpc) is 3.03. The van der Waals surface area contributed by atoms with E-state index in [-0.39, 0.29) is 48.5 Å². The van der Waals surface area contributed by atoms with E-state index in [4.69, 9.17) is 10.5 Å².